The average molecular weight is 556 g/mol. The lowest BCUT2D eigenvalue weighted by molar-refractivity contribution is -0.145. The number of carbonyl (C=O) groups excluding carboxylic acids is 5. The second-order valence-electron chi connectivity index (χ2n) is 8.01. The number of hydrogen-bond acceptors (Lipinski definition) is 13. The van der Waals surface area contributed by atoms with Crippen LogP contribution in [0.3, 0.4) is 0 Å². The fourth-order valence-corrected chi connectivity index (χ4v) is 3.46. The van der Waals surface area contributed by atoms with Crippen molar-refractivity contribution < 1.29 is 56.8 Å². The summed E-state index contributed by atoms with van der Waals surface area (Å²) < 4.78 is 36.8. The van der Waals surface area contributed by atoms with Crippen molar-refractivity contribution in [1.82, 2.24) is 0 Å². The Balaban J connectivity index is 2.30. The van der Waals surface area contributed by atoms with Gasteiger partial charge in [0.25, 0.3) is 0 Å². The Morgan fingerprint density at radius 3 is 1.95 bits per heavy atom. The van der Waals surface area contributed by atoms with E-state index in [0.717, 1.165) is 27.7 Å². The Morgan fingerprint density at radius 1 is 0.750 bits per heavy atom. The van der Waals surface area contributed by atoms with Gasteiger partial charge in [-0.05, 0) is 25.1 Å². The van der Waals surface area contributed by atoms with Crippen molar-refractivity contribution in [3.8, 4) is 40.1 Å². The van der Waals surface area contributed by atoms with Crippen molar-refractivity contribution in [2.75, 3.05) is 13.2 Å². The van der Waals surface area contributed by atoms with Crippen LogP contribution >= 0.6 is 0 Å². The molecule has 0 radical (unpaired) electrons. The number of ether oxygens (including phenoxy) is 6. The lowest BCUT2D eigenvalue weighted by Crippen LogP contribution is -2.16. The van der Waals surface area contributed by atoms with Gasteiger partial charge in [0.15, 0.2) is 23.9 Å². The predicted molar refractivity (Wildman–Crippen MR) is 135 cm³/mol. The molecule has 3 aromatic rings. The smallest absolute Gasteiger partial charge is 0.344 e. The summed E-state index contributed by atoms with van der Waals surface area (Å²) in [6.45, 7) is 5.68. The standard InChI is InChI=1S/C27H24O13/c1-6-34-23(32)12-35-18-10-21(38-15(4)30)24-22(11-18)40-26(27(25(24)33)39-16(5)31)17-7-8-19(36-13(2)28)20(9-17)37-14(3)29/h7-11H,6,12H2,1-5H3. The van der Waals surface area contributed by atoms with Crippen LogP contribution in [0.25, 0.3) is 22.3 Å². The number of benzene rings is 2. The summed E-state index contributed by atoms with van der Waals surface area (Å²) in [5.74, 6) is -5.20. The largest absolute Gasteiger partial charge is 0.482 e. The summed E-state index contributed by atoms with van der Waals surface area (Å²) in [6, 6.07) is 6.30. The topological polar surface area (TPSA) is 171 Å². The molecule has 1 aromatic heterocycles. The number of fused-ring (bicyclic) bond motifs is 1. The molecule has 0 saturated carbocycles. The molecule has 0 N–H and O–H groups in total. The van der Waals surface area contributed by atoms with Crippen molar-refractivity contribution in [3.63, 3.8) is 0 Å². The van der Waals surface area contributed by atoms with Gasteiger partial charge in [-0.15, -0.1) is 0 Å². The van der Waals surface area contributed by atoms with Gasteiger partial charge in [0.05, 0.1) is 6.61 Å². The van der Waals surface area contributed by atoms with Gasteiger partial charge in [0.2, 0.25) is 11.2 Å². The summed E-state index contributed by atoms with van der Waals surface area (Å²) in [5.41, 5.74) is -0.987. The Morgan fingerprint density at radius 2 is 1.35 bits per heavy atom. The fraction of sp³-hybridized carbons (Fsp3) is 0.259. The minimum Gasteiger partial charge on any atom is -0.482 e. The minimum absolute atomic E-state index is 0.0167. The van der Waals surface area contributed by atoms with E-state index in [4.69, 9.17) is 32.8 Å². The van der Waals surface area contributed by atoms with Crippen molar-refractivity contribution in [2.24, 2.45) is 0 Å². The third-order valence-electron chi connectivity index (χ3n) is 4.77. The first-order valence-electron chi connectivity index (χ1n) is 11.7. The molecule has 0 atom stereocenters. The van der Waals surface area contributed by atoms with Gasteiger partial charge in [-0.3, -0.25) is 24.0 Å². The van der Waals surface area contributed by atoms with Crippen LogP contribution < -0.4 is 29.1 Å². The third-order valence-corrected chi connectivity index (χ3v) is 4.77. The maximum atomic E-state index is 13.6. The molecule has 13 heteroatoms. The van der Waals surface area contributed by atoms with Crippen molar-refractivity contribution in [1.29, 1.82) is 0 Å². The highest BCUT2D eigenvalue weighted by atomic mass is 16.6. The Hall–Kier alpha value is -5.20. The lowest BCUT2D eigenvalue weighted by atomic mass is 10.1. The van der Waals surface area contributed by atoms with E-state index < -0.39 is 47.6 Å². The van der Waals surface area contributed by atoms with Crippen LogP contribution in [0.1, 0.15) is 34.6 Å². The maximum Gasteiger partial charge on any atom is 0.344 e. The van der Waals surface area contributed by atoms with E-state index >= 15 is 0 Å². The van der Waals surface area contributed by atoms with E-state index in [0.29, 0.717) is 0 Å². The van der Waals surface area contributed by atoms with E-state index in [1.54, 1.807) is 6.92 Å². The summed E-state index contributed by atoms with van der Waals surface area (Å²) >= 11 is 0. The zero-order chi connectivity index (χ0) is 29.6. The van der Waals surface area contributed by atoms with Gasteiger partial charge >= 0.3 is 29.8 Å². The van der Waals surface area contributed by atoms with Gasteiger partial charge in [0, 0.05) is 45.4 Å². The highest BCUT2D eigenvalue weighted by Gasteiger charge is 2.25. The van der Waals surface area contributed by atoms with Crippen LogP contribution in [0, 0.1) is 0 Å². The Labute approximate surface area is 226 Å². The number of rotatable bonds is 9. The lowest BCUT2D eigenvalue weighted by Gasteiger charge is -2.15. The van der Waals surface area contributed by atoms with Crippen LogP contribution in [-0.4, -0.2) is 43.1 Å². The molecule has 0 unspecified atom stereocenters. The summed E-state index contributed by atoms with van der Waals surface area (Å²) in [7, 11) is 0. The van der Waals surface area contributed by atoms with E-state index in [1.807, 2.05) is 0 Å². The van der Waals surface area contributed by atoms with Crippen LogP contribution in [0.2, 0.25) is 0 Å². The third kappa shape index (κ3) is 7.22. The first kappa shape index (κ1) is 29.4. The molecule has 0 aliphatic rings. The predicted octanol–water partition coefficient (Wildman–Crippen LogP) is 3.10. The molecular weight excluding hydrogens is 532 g/mol. The fourth-order valence-electron chi connectivity index (χ4n) is 3.46. The van der Waals surface area contributed by atoms with Crippen molar-refractivity contribution in [2.45, 2.75) is 34.6 Å². The first-order chi connectivity index (χ1) is 18.9. The molecule has 0 bridgehead atoms. The number of esters is 5. The van der Waals surface area contributed by atoms with Crippen LogP contribution in [0.5, 0.6) is 28.7 Å². The summed E-state index contributed by atoms with van der Waals surface area (Å²) in [6.07, 6.45) is 0. The zero-order valence-electron chi connectivity index (χ0n) is 22.1. The molecule has 0 fully saturated rings. The number of hydrogen-bond donors (Lipinski definition) is 0. The molecule has 210 valence electrons. The molecule has 2 aromatic carbocycles. The SMILES string of the molecule is CCOC(=O)COc1cc(OC(C)=O)c2c(=O)c(OC(C)=O)c(-c3ccc(OC(C)=O)c(OC(C)=O)c3)oc2c1. The second kappa shape index (κ2) is 12.6. The molecule has 0 saturated heterocycles. The molecule has 0 amide bonds. The quantitative estimate of drug-likeness (QED) is 0.278. The van der Waals surface area contributed by atoms with E-state index in [-0.39, 0.29) is 51.9 Å². The maximum absolute atomic E-state index is 13.6. The van der Waals surface area contributed by atoms with Gasteiger partial charge < -0.3 is 32.8 Å². The summed E-state index contributed by atoms with van der Waals surface area (Å²) in [4.78, 5) is 72.2. The van der Waals surface area contributed by atoms with E-state index in [1.165, 1.54) is 30.3 Å². The Kier molecular flexibility index (Phi) is 9.22. The van der Waals surface area contributed by atoms with Crippen LogP contribution in [0.15, 0.2) is 39.5 Å². The molecular formula is C27H24O13. The average Bonchev–Trinajstić information content (AvgIpc) is 2.84. The molecule has 1 heterocycles. The van der Waals surface area contributed by atoms with Gasteiger partial charge in [-0.25, -0.2) is 4.79 Å². The minimum atomic E-state index is -0.891. The zero-order valence-corrected chi connectivity index (χ0v) is 22.1. The van der Waals surface area contributed by atoms with Crippen molar-refractivity contribution in [3.05, 3.63) is 40.6 Å². The summed E-state index contributed by atoms with van der Waals surface area (Å²) in [5, 5.41) is -0.268. The molecule has 13 nitrogen and oxygen atoms in total. The van der Waals surface area contributed by atoms with Gasteiger partial charge in [-0.1, -0.05) is 0 Å². The molecule has 0 aliphatic carbocycles. The molecule has 3 rings (SSSR count). The normalized spacial score (nSPS) is 10.4. The van der Waals surface area contributed by atoms with Crippen LogP contribution in [-0.2, 0) is 28.7 Å². The number of carbonyl (C=O) groups is 5. The second-order valence-corrected chi connectivity index (χ2v) is 8.01. The first-order valence-corrected chi connectivity index (χ1v) is 11.7. The van der Waals surface area contributed by atoms with Crippen molar-refractivity contribution >= 4 is 40.8 Å². The highest BCUT2D eigenvalue weighted by molar-refractivity contribution is 5.91. The van der Waals surface area contributed by atoms with Gasteiger partial charge in [0.1, 0.15) is 22.5 Å². The van der Waals surface area contributed by atoms with Crippen LogP contribution in [0.4, 0.5) is 0 Å². The molecule has 40 heavy (non-hydrogen) atoms. The monoisotopic (exact) mass is 556 g/mol. The molecule has 0 spiro atoms. The van der Waals surface area contributed by atoms with Gasteiger partial charge in [-0.2, -0.15) is 0 Å². The Bertz CT molecular complexity index is 1560. The van der Waals surface area contributed by atoms with E-state index in [2.05, 4.69) is 0 Å². The molecule has 0 aliphatic heterocycles. The highest BCUT2D eigenvalue weighted by Crippen LogP contribution is 2.39. The van der Waals surface area contributed by atoms with E-state index in [9.17, 15) is 28.8 Å².